The van der Waals surface area contributed by atoms with Crippen molar-refractivity contribution in [2.24, 2.45) is 0 Å². The number of nitrogens with zero attached hydrogens (tertiary/aromatic N) is 1. The second-order valence-electron chi connectivity index (χ2n) is 5.71. The van der Waals surface area contributed by atoms with E-state index in [1.807, 2.05) is 32.9 Å². The molecule has 2 aliphatic heterocycles. The Balaban J connectivity index is 2.15. The molecule has 1 unspecified atom stereocenters. The summed E-state index contributed by atoms with van der Waals surface area (Å²) in [5.41, 5.74) is -0.991. The summed E-state index contributed by atoms with van der Waals surface area (Å²) in [6.07, 6.45) is 3.62. The highest BCUT2D eigenvalue weighted by molar-refractivity contribution is 5.70. The summed E-state index contributed by atoms with van der Waals surface area (Å²) in [4.78, 5) is 14.0. The lowest BCUT2D eigenvalue weighted by atomic mass is 9.96. The Labute approximate surface area is 108 Å². The lowest BCUT2D eigenvalue weighted by Crippen LogP contribution is -2.62. The third-order valence-electron chi connectivity index (χ3n) is 2.96. The molecule has 1 amide bonds. The quantitative estimate of drug-likeness (QED) is 0.617. The summed E-state index contributed by atoms with van der Waals surface area (Å²) in [5, 5.41) is 0. The van der Waals surface area contributed by atoms with Gasteiger partial charge in [-0.2, -0.15) is 0 Å². The molecule has 102 valence electrons. The van der Waals surface area contributed by atoms with Gasteiger partial charge in [-0.3, -0.25) is 4.90 Å². The number of carbonyl (C=O) groups excluding carboxylic acids is 1. The van der Waals surface area contributed by atoms with Crippen molar-refractivity contribution in [1.29, 1.82) is 0 Å². The molecule has 5 nitrogen and oxygen atoms in total. The molecule has 1 saturated heterocycles. The van der Waals surface area contributed by atoms with Crippen molar-refractivity contribution in [2.45, 2.75) is 31.9 Å². The molecule has 1 fully saturated rings. The van der Waals surface area contributed by atoms with Crippen molar-refractivity contribution < 1.29 is 19.0 Å². The van der Waals surface area contributed by atoms with Gasteiger partial charge < -0.3 is 14.2 Å². The highest BCUT2D eigenvalue weighted by Crippen LogP contribution is 2.27. The molecule has 0 aromatic rings. The van der Waals surface area contributed by atoms with E-state index in [4.69, 9.17) is 14.2 Å². The van der Waals surface area contributed by atoms with Gasteiger partial charge in [0.1, 0.15) is 11.1 Å². The zero-order valence-corrected chi connectivity index (χ0v) is 11.3. The lowest BCUT2D eigenvalue weighted by molar-refractivity contribution is -0.0865. The Morgan fingerprint density at radius 2 is 2.06 bits per heavy atom. The Morgan fingerprint density at radius 3 is 2.67 bits per heavy atom. The van der Waals surface area contributed by atoms with E-state index in [1.54, 1.807) is 4.90 Å². The van der Waals surface area contributed by atoms with Gasteiger partial charge in [0.05, 0.1) is 26.4 Å². The molecule has 18 heavy (non-hydrogen) atoms. The summed E-state index contributed by atoms with van der Waals surface area (Å²) in [6, 6.07) is 0. The minimum absolute atomic E-state index is 0.305. The van der Waals surface area contributed by atoms with Gasteiger partial charge in [-0.05, 0) is 20.8 Å². The molecule has 2 rings (SSSR count). The minimum atomic E-state index is -0.501. The monoisotopic (exact) mass is 255 g/mol. The van der Waals surface area contributed by atoms with Crippen molar-refractivity contribution >= 4 is 6.09 Å². The molecule has 2 heterocycles. The van der Waals surface area contributed by atoms with Crippen LogP contribution in [0.15, 0.2) is 12.2 Å². The van der Waals surface area contributed by atoms with Crippen LogP contribution in [0.25, 0.3) is 0 Å². The molecular formula is C13H21NO4. The predicted octanol–water partition coefficient (Wildman–Crippen LogP) is 1.58. The molecule has 1 spiro atoms. The van der Waals surface area contributed by atoms with Crippen LogP contribution in [0, 0.1) is 0 Å². The number of ether oxygens (including phenoxy) is 3. The fraction of sp³-hybridized carbons (Fsp3) is 0.769. The number of morpholine rings is 1. The molecule has 0 saturated carbocycles. The molecule has 0 aromatic carbocycles. The first-order chi connectivity index (χ1) is 8.43. The first-order valence-electron chi connectivity index (χ1n) is 6.27. The van der Waals surface area contributed by atoms with Crippen molar-refractivity contribution in [3.63, 3.8) is 0 Å². The van der Waals surface area contributed by atoms with Gasteiger partial charge in [0.2, 0.25) is 0 Å². The van der Waals surface area contributed by atoms with Gasteiger partial charge in [0.15, 0.2) is 0 Å². The van der Waals surface area contributed by atoms with Crippen LogP contribution in [0.5, 0.6) is 0 Å². The molecule has 2 aliphatic rings. The molecule has 0 N–H and O–H groups in total. The van der Waals surface area contributed by atoms with E-state index in [0.717, 1.165) is 0 Å². The van der Waals surface area contributed by atoms with Crippen LogP contribution in [-0.4, -0.2) is 55.1 Å². The van der Waals surface area contributed by atoms with Crippen molar-refractivity contribution in [2.75, 3.05) is 33.0 Å². The Morgan fingerprint density at radius 1 is 1.33 bits per heavy atom. The highest BCUT2D eigenvalue weighted by Gasteiger charge is 2.43. The fourth-order valence-corrected chi connectivity index (χ4v) is 2.17. The number of carbonyl (C=O) groups is 1. The Bertz CT molecular complexity index is 347. The van der Waals surface area contributed by atoms with Gasteiger partial charge in [-0.25, -0.2) is 4.79 Å². The third kappa shape index (κ3) is 2.84. The van der Waals surface area contributed by atoms with E-state index >= 15 is 0 Å². The van der Waals surface area contributed by atoms with E-state index in [2.05, 4.69) is 0 Å². The van der Waals surface area contributed by atoms with E-state index in [-0.39, 0.29) is 6.09 Å². The second-order valence-corrected chi connectivity index (χ2v) is 5.71. The van der Waals surface area contributed by atoms with Crippen LogP contribution in [0.3, 0.4) is 0 Å². The van der Waals surface area contributed by atoms with E-state index in [0.29, 0.717) is 33.0 Å². The van der Waals surface area contributed by atoms with Gasteiger partial charge in [0.25, 0.3) is 0 Å². The van der Waals surface area contributed by atoms with Crippen LogP contribution in [0.1, 0.15) is 20.8 Å². The standard InChI is InChI=1S/C13H21NO4/c1-12(2,3)18-11(15)14-6-8-17-10-13(14)5-4-7-16-9-13/h4-5H,6-10H2,1-3H3. The molecule has 5 heteroatoms. The minimum Gasteiger partial charge on any atom is -0.444 e. The number of hydrogen-bond donors (Lipinski definition) is 0. The topological polar surface area (TPSA) is 48.0 Å². The van der Waals surface area contributed by atoms with Crippen LogP contribution in [0.4, 0.5) is 4.79 Å². The fourth-order valence-electron chi connectivity index (χ4n) is 2.17. The molecule has 1 atom stereocenters. The van der Waals surface area contributed by atoms with Gasteiger partial charge in [-0.15, -0.1) is 0 Å². The van der Waals surface area contributed by atoms with Crippen LogP contribution < -0.4 is 0 Å². The number of rotatable bonds is 0. The van der Waals surface area contributed by atoms with Crippen LogP contribution in [-0.2, 0) is 14.2 Å². The van der Waals surface area contributed by atoms with E-state index in [1.165, 1.54) is 0 Å². The summed E-state index contributed by atoms with van der Waals surface area (Å²) >= 11 is 0. The maximum absolute atomic E-state index is 12.2. The Hall–Kier alpha value is -1.07. The summed E-state index contributed by atoms with van der Waals surface area (Å²) < 4.78 is 16.4. The lowest BCUT2D eigenvalue weighted by Gasteiger charge is -2.45. The summed E-state index contributed by atoms with van der Waals surface area (Å²) in [7, 11) is 0. The molecule has 0 aliphatic carbocycles. The highest BCUT2D eigenvalue weighted by atomic mass is 16.6. The van der Waals surface area contributed by atoms with Crippen molar-refractivity contribution in [3.8, 4) is 0 Å². The average Bonchev–Trinajstić information content (AvgIpc) is 2.28. The number of amides is 1. The first-order valence-corrected chi connectivity index (χ1v) is 6.27. The third-order valence-corrected chi connectivity index (χ3v) is 2.96. The maximum Gasteiger partial charge on any atom is 0.411 e. The van der Waals surface area contributed by atoms with Crippen molar-refractivity contribution in [1.82, 2.24) is 4.90 Å². The van der Waals surface area contributed by atoms with Crippen LogP contribution in [0.2, 0.25) is 0 Å². The van der Waals surface area contributed by atoms with E-state index in [9.17, 15) is 4.79 Å². The molecule has 0 bridgehead atoms. The van der Waals surface area contributed by atoms with Gasteiger partial charge in [-0.1, -0.05) is 12.2 Å². The molecule has 0 radical (unpaired) electrons. The smallest absolute Gasteiger partial charge is 0.411 e. The number of hydrogen-bond acceptors (Lipinski definition) is 4. The van der Waals surface area contributed by atoms with E-state index < -0.39 is 11.1 Å². The Kier molecular flexibility index (Phi) is 3.64. The zero-order chi connectivity index (χ0) is 13.2. The van der Waals surface area contributed by atoms with Crippen LogP contribution >= 0.6 is 0 Å². The SMILES string of the molecule is CC(C)(C)OC(=O)N1CCOCC12C=CCOC2. The largest absolute Gasteiger partial charge is 0.444 e. The van der Waals surface area contributed by atoms with Gasteiger partial charge >= 0.3 is 6.09 Å². The molecule has 0 aromatic heterocycles. The maximum atomic E-state index is 12.2. The average molecular weight is 255 g/mol. The molecular weight excluding hydrogens is 234 g/mol. The van der Waals surface area contributed by atoms with Crippen molar-refractivity contribution in [3.05, 3.63) is 12.2 Å². The summed E-state index contributed by atoms with van der Waals surface area (Å²) in [6.45, 7) is 8.18. The zero-order valence-electron chi connectivity index (χ0n) is 11.3. The van der Waals surface area contributed by atoms with Gasteiger partial charge in [0, 0.05) is 6.54 Å². The normalized spacial score (nSPS) is 28.5. The summed E-state index contributed by atoms with van der Waals surface area (Å²) in [5.74, 6) is 0. The second kappa shape index (κ2) is 4.90. The first kappa shape index (κ1) is 13.4. The predicted molar refractivity (Wildman–Crippen MR) is 66.4 cm³/mol.